The quantitative estimate of drug-likeness (QED) is 0.557. The number of amides is 2. The van der Waals surface area contributed by atoms with E-state index < -0.39 is 5.91 Å². The van der Waals surface area contributed by atoms with Crippen LogP contribution in [0, 0.1) is 0 Å². The lowest BCUT2D eigenvalue weighted by atomic mass is 9.93. The molecule has 0 spiro atoms. The van der Waals surface area contributed by atoms with E-state index in [0.29, 0.717) is 23.8 Å². The lowest BCUT2D eigenvalue weighted by molar-refractivity contribution is -0.137. The van der Waals surface area contributed by atoms with Crippen LogP contribution in [0.15, 0.2) is 42.5 Å². The van der Waals surface area contributed by atoms with Gasteiger partial charge in [0.2, 0.25) is 0 Å². The van der Waals surface area contributed by atoms with E-state index in [1.54, 1.807) is 37.4 Å². The molecule has 33 heavy (non-hydrogen) atoms. The zero-order chi connectivity index (χ0) is 23.6. The van der Waals surface area contributed by atoms with Crippen LogP contribution in [-0.2, 0) is 16.1 Å². The van der Waals surface area contributed by atoms with Gasteiger partial charge in [0.05, 0.1) is 14.2 Å². The average Bonchev–Trinajstić information content (AvgIpc) is 2.85. The highest BCUT2D eigenvalue weighted by molar-refractivity contribution is 5.78. The van der Waals surface area contributed by atoms with Crippen molar-refractivity contribution in [2.75, 3.05) is 27.4 Å². The summed E-state index contributed by atoms with van der Waals surface area (Å²) in [6.45, 7) is 0.160. The summed E-state index contributed by atoms with van der Waals surface area (Å²) in [4.78, 5) is 26.1. The first-order valence-corrected chi connectivity index (χ1v) is 11.1. The molecule has 0 aliphatic heterocycles. The lowest BCUT2D eigenvalue weighted by Crippen LogP contribution is -2.43. The normalized spacial score (nSPS) is 13.8. The molecule has 0 heterocycles. The Labute approximate surface area is 194 Å². The van der Waals surface area contributed by atoms with Crippen LogP contribution in [0.4, 0.5) is 0 Å². The van der Waals surface area contributed by atoms with E-state index in [0.717, 1.165) is 37.0 Å². The molecule has 1 fully saturated rings. The molecule has 0 aromatic heterocycles. The van der Waals surface area contributed by atoms with Gasteiger partial charge in [0.1, 0.15) is 11.5 Å². The van der Waals surface area contributed by atoms with Crippen molar-refractivity contribution in [2.24, 2.45) is 5.73 Å². The Balaban J connectivity index is 1.71. The molecule has 8 heteroatoms. The van der Waals surface area contributed by atoms with Crippen LogP contribution < -0.4 is 24.7 Å². The highest BCUT2D eigenvalue weighted by atomic mass is 16.5. The molecule has 3 rings (SSSR count). The SMILES string of the molecule is COc1ccc(OCC(=O)N(Cc2ccc(OCC(N)=O)c(OC)c2)C2CCCCC2)cc1. The van der Waals surface area contributed by atoms with Crippen LogP contribution in [0.2, 0.25) is 0 Å². The summed E-state index contributed by atoms with van der Waals surface area (Å²) < 4.78 is 21.7. The molecule has 2 aromatic carbocycles. The van der Waals surface area contributed by atoms with E-state index in [-0.39, 0.29) is 25.2 Å². The van der Waals surface area contributed by atoms with E-state index in [2.05, 4.69) is 0 Å². The molecule has 2 aromatic rings. The number of nitrogens with zero attached hydrogens (tertiary/aromatic N) is 1. The van der Waals surface area contributed by atoms with Crippen molar-refractivity contribution >= 4 is 11.8 Å². The molecule has 0 radical (unpaired) electrons. The predicted molar refractivity (Wildman–Crippen MR) is 124 cm³/mol. The van der Waals surface area contributed by atoms with Crippen LogP contribution in [0.25, 0.3) is 0 Å². The fourth-order valence-electron chi connectivity index (χ4n) is 3.99. The smallest absolute Gasteiger partial charge is 0.261 e. The lowest BCUT2D eigenvalue weighted by Gasteiger charge is -2.34. The second-order valence-corrected chi connectivity index (χ2v) is 8.02. The molecule has 1 aliphatic carbocycles. The van der Waals surface area contributed by atoms with Crippen molar-refractivity contribution in [1.82, 2.24) is 4.90 Å². The maximum atomic E-state index is 13.2. The van der Waals surface area contributed by atoms with E-state index >= 15 is 0 Å². The summed E-state index contributed by atoms with van der Waals surface area (Å²) >= 11 is 0. The summed E-state index contributed by atoms with van der Waals surface area (Å²) in [6.07, 6.45) is 5.37. The topological polar surface area (TPSA) is 100 Å². The van der Waals surface area contributed by atoms with Crippen molar-refractivity contribution in [2.45, 2.75) is 44.7 Å². The van der Waals surface area contributed by atoms with Gasteiger partial charge < -0.3 is 29.6 Å². The number of carbonyl (C=O) groups excluding carboxylic acids is 2. The van der Waals surface area contributed by atoms with Gasteiger partial charge in [0.15, 0.2) is 24.7 Å². The number of methoxy groups -OCH3 is 2. The van der Waals surface area contributed by atoms with Gasteiger partial charge in [-0.05, 0) is 54.8 Å². The fraction of sp³-hybridized carbons (Fsp3) is 0.440. The molecule has 1 saturated carbocycles. The van der Waals surface area contributed by atoms with Crippen LogP contribution in [0.5, 0.6) is 23.0 Å². The first-order valence-electron chi connectivity index (χ1n) is 11.1. The number of rotatable bonds is 11. The van der Waals surface area contributed by atoms with Crippen LogP contribution in [0.3, 0.4) is 0 Å². The number of primary amides is 1. The van der Waals surface area contributed by atoms with Gasteiger partial charge in [0.25, 0.3) is 11.8 Å². The third kappa shape index (κ3) is 7.03. The van der Waals surface area contributed by atoms with Crippen LogP contribution in [-0.4, -0.2) is 50.2 Å². The minimum absolute atomic E-state index is 0.0419. The highest BCUT2D eigenvalue weighted by Crippen LogP contribution is 2.30. The van der Waals surface area contributed by atoms with Crippen LogP contribution >= 0.6 is 0 Å². The summed E-state index contributed by atoms with van der Waals surface area (Å²) in [5, 5.41) is 0. The zero-order valence-corrected chi connectivity index (χ0v) is 19.2. The van der Waals surface area contributed by atoms with Crippen molar-refractivity contribution in [1.29, 1.82) is 0 Å². The standard InChI is InChI=1S/C25H32N2O6/c1-30-20-9-11-21(12-10-20)32-17-25(29)27(19-6-4-3-5-7-19)15-18-8-13-22(23(14-18)31-2)33-16-24(26)28/h8-14,19H,3-7,15-17H2,1-2H3,(H2,26,28). The second kappa shape index (κ2) is 12.0. The Hall–Kier alpha value is -3.42. The minimum atomic E-state index is -0.563. The monoisotopic (exact) mass is 456 g/mol. The third-order valence-corrected chi connectivity index (χ3v) is 5.71. The molecule has 2 amide bonds. The van der Waals surface area contributed by atoms with Gasteiger partial charge >= 0.3 is 0 Å². The first-order chi connectivity index (χ1) is 16.0. The largest absolute Gasteiger partial charge is 0.497 e. The number of benzene rings is 2. The van der Waals surface area contributed by atoms with Crippen molar-refractivity contribution < 1.29 is 28.5 Å². The number of carbonyl (C=O) groups is 2. The third-order valence-electron chi connectivity index (χ3n) is 5.71. The van der Waals surface area contributed by atoms with Crippen molar-refractivity contribution in [3.63, 3.8) is 0 Å². The summed E-state index contributed by atoms with van der Waals surface area (Å²) in [5.74, 6) is 1.63. The van der Waals surface area contributed by atoms with E-state index in [1.807, 2.05) is 17.0 Å². The maximum Gasteiger partial charge on any atom is 0.261 e. The Bertz CT molecular complexity index is 925. The Morgan fingerprint density at radius 2 is 1.58 bits per heavy atom. The molecule has 0 bridgehead atoms. The minimum Gasteiger partial charge on any atom is -0.497 e. The molecule has 0 unspecified atom stereocenters. The molecular formula is C25H32N2O6. The van der Waals surface area contributed by atoms with Gasteiger partial charge in [-0.2, -0.15) is 0 Å². The number of hydrogen-bond donors (Lipinski definition) is 1. The Morgan fingerprint density at radius 3 is 2.21 bits per heavy atom. The zero-order valence-electron chi connectivity index (χ0n) is 19.2. The molecule has 0 atom stereocenters. The second-order valence-electron chi connectivity index (χ2n) is 8.02. The summed E-state index contributed by atoms with van der Waals surface area (Å²) in [5.41, 5.74) is 6.07. The van der Waals surface area contributed by atoms with E-state index in [9.17, 15) is 9.59 Å². The van der Waals surface area contributed by atoms with Crippen molar-refractivity contribution in [3.8, 4) is 23.0 Å². The average molecular weight is 457 g/mol. The summed E-state index contributed by atoms with van der Waals surface area (Å²) in [7, 11) is 3.13. The number of ether oxygens (including phenoxy) is 4. The van der Waals surface area contributed by atoms with E-state index in [4.69, 9.17) is 24.7 Å². The number of nitrogens with two attached hydrogens (primary N) is 1. The molecule has 0 saturated heterocycles. The first kappa shape index (κ1) is 24.2. The molecule has 2 N–H and O–H groups in total. The van der Waals surface area contributed by atoms with Gasteiger partial charge in [-0.15, -0.1) is 0 Å². The molecule has 1 aliphatic rings. The Morgan fingerprint density at radius 1 is 0.879 bits per heavy atom. The van der Waals surface area contributed by atoms with Gasteiger partial charge in [-0.3, -0.25) is 9.59 Å². The molecule has 8 nitrogen and oxygen atoms in total. The fourth-order valence-corrected chi connectivity index (χ4v) is 3.99. The Kier molecular flexibility index (Phi) is 8.80. The van der Waals surface area contributed by atoms with Gasteiger partial charge in [0, 0.05) is 12.6 Å². The van der Waals surface area contributed by atoms with E-state index in [1.165, 1.54) is 13.5 Å². The van der Waals surface area contributed by atoms with Gasteiger partial charge in [-0.25, -0.2) is 0 Å². The van der Waals surface area contributed by atoms with Crippen molar-refractivity contribution in [3.05, 3.63) is 48.0 Å². The highest BCUT2D eigenvalue weighted by Gasteiger charge is 2.26. The predicted octanol–water partition coefficient (Wildman–Crippen LogP) is 3.31. The van der Waals surface area contributed by atoms with Crippen LogP contribution in [0.1, 0.15) is 37.7 Å². The maximum absolute atomic E-state index is 13.2. The molecule has 178 valence electrons. The van der Waals surface area contributed by atoms with Gasteiger partial charge in [-0.1, -0.05) is 25.3 Å². The number of hydrogen-bond acceptors (Lipinski definition) is 6. The molecular weight excluding hydrogens is 424 g/mol. The summed E-state index contributed by atoms with van der Waals surface area (Å²) in [6, 6.07) is 12.8.